The number of Topliss-reactive ketones (excluding diaryl/α,β-unsaturated/α-hetero) is 2. The summed E-state index contributed by atoms with van der Waals surface area (Å²) in [6, 6.07) is 4.67. The van der Waals surface area contributed by atoms with Gasteiger partial charge in [-0.2, -0.15) is 0 Å². The molecule has 2 rings (SSSR count). The molecule has 2 atom stereocenters. The van der Waals surface area contributed by atoms with Crippen LogP contribution in [-0.2, 0) is 22.4 Å². The molecule has 0 radical (unpaired) electrons. The molecule has 188 valence electrons. The quantitative estimate of drug-likeness (QED) is 0.204. The number of unbranched alkanes of at least 4 members (excludes halogenated alkanes) is 2. The maximum Gasteiger partial charge on any atom is 0.137 e. The van der Waals surface area contributed by atoms with Crippen LogP contribution in [0.4, 0.5) is 0 Å². The summed E-state index contributed by atoms with van der Waals surface area (Å²) in [7, 11) is 0. The molecule has 2 nitrogen and oxygen atoms in total. The molecule has 1 aromatic rings. The summed E-state index contributed by atoms with van der Waals surface area (Å²) in [5, 5.41) is 0. The van der Waals surface area contributed by atoms with E-state index in [1.807, 2.05) is 0 Å². The van der Waals surface area contributed by atoms with Crippen LogP contribution in [-0.4, -0.2) is 11.6 Å². The van der Waals surface area contributed by atoms with Crippen LogP contribution in [0.1, 0.15) is 121 Å². The molecule has 0 heterocycles. The van der Waals surface area contributed by atoms with Gasteiger partial charge < -0.3 is 0 Å². The Morgan fingerprint density at radius 3 is 2.41 bits per heavy atom. The monoisotopic (exact) mass is 464 g/mol. The summed E-state index contributed by atoms with van der Waals surface area (Å²) in [5.74, 6) is 1.65. The van der Waals surface area contributed by atoms with Crippen LogP contribution in [0.3, 0.4) is 0 Å². The van der Waals surface area contributed by atoms with Gasteiger partial charge in [-0.15, -0.1) is 0 Å². The van der Waals surface area contributed by atoms with Gasteiger partial charge in [-0.3, -0.25) is 9.59 Å². The largest absolute Gasteiger partial charge is 0.300 e. The fraction of sp³-hybridized carbons (Fsp3) is 0.625. The van der Waals surface area contributed by atoms with Gasteiger partial charge in [0, 0.05) is 31.6 Å². The van der Waals surface area contributed by atoms with E-state index < -0.39 is 0 Å². The maximum absolute atomic E-state index is 13.1. The van der Waals surface area contributed by atoms with Crippen LogP contribution in [0.15, 0.2) is 35.9 Å². The Hall–Kier alpha value is -1.96. The van der Waals surface area contributed by atoms with E-state index >= 15 is 0 Å². The van der Waals surface area contributed by atoms with E-state index in [4.69, 9.17) is 0 Å². The maximum atomic E-state index is 13.1. The molecule has 0 saturated carbocycles. The van der Waals surface area contributed by atoms with Crippen LogP contribution in [0.25, 0.3) is 0 Å². The van der Waals surface area contributed by atoms with Gasteiger partial charge in [0.25, 0.3) is 0 Å². The predicted molar refractivity (Wildman–Crippen MR) is 145 cm³/mol. The lowest BCUT2D eigenvalue weighted by atomic mass is 9.71. The van der Waals surface area contributed by atoms with Crippen LogP contribution >= 0.6 is 0 Å². The smallest absolute Gasteiger partial charge is 0.137 e. The highest BCUT2D eigenvalue weighted by atomic mass is 16.1. The fourth-order valence-electron chi connectivity index (χ4n) is 5.55. The molecular weight excluding hydrogens is 416 g/mol. The highest BCUT2D eigenvalue weighted by Gasteiger charge is 2.29. The van der Waals surface area contributed by atoms with Crippen molar-refractivity contribution in [1.29, 1.82) is 0 Å². The predicted octanol–water partition coefficient (Wildman–Crippen LogP) is 8.64. The van der Waals surface area contributed by atoms with E-state index in [1.165, 1.54) is 52.7 Å². The average molecular weight is 465 g/mol. The van der Waals surface area contributed by atoms with Crippen molar-refractivity contribution in [3.8, 4) is 0 Å². The SMILES string of the molecule is C=C(C)[C@@H]1CCC(C)=C[C@H]1c1c(C)cc(CCCCC)cc1CC(=O)CCCC(=O)CC(C)C. The number of hydrogen-bond acceptors (Lipinski definition) is 2. The molecule has 0 bridgehead atoms. The zero-order chi connectivity index (χ0) is 25.3. The van der Waals surface area contributed by atoms with Crippen molar-refractivity contribution in [1.82, 2.24) is 0 Å². The number of benzene rings is 1. The Morgan fingerprint density at radius 1 is 1.06 bits per heavy atom. The summed E-state index contributed by atoms with van der Waals surface area (Å²) >= 11 is 0. The van der Waals surface area contributed by atoms with Gasteiger partial charge in [0.1, 0.15) is 11.6 Å². The van der Waals surface area contributed by atoms with E-state index in [1.54, 1.807) is 0 Å². The zero-order valence-electron chi connectivity index (χ0n) is 22.8. The standard InChI is InChI=1S/C32H48O2/c1-8-9-10-12-26-19-25(7)32(31-18-24(6)15-16-30(31)23(4)5)27(20-26)21-29(34)14-11-13-28(33)17-22(2)3/h18-20,22,30-31H,4,8-17,21H2,1-3,5-7H3/t30-,31+/m0/s1. The van der Waals surface area contributed by atoms with Crippen molar-refractivity contribution in [3.63, 3.8) is 0 Å². The number of carbonyl (C=O) groups is 2. The van der Waals surface area contributed by atoms with Gasteiger partial charge in [0.15, 0.2) is 0 Å². The van der Waals surface area contributed by atoms with Crippen LogP contribution in [0.2, 0.25) is 0 Å². The Labute approximate surface area is 209 Å². The lowest BCUT2D eigenvalue weighted by Gasteiger charge is -2.33. The number of hydrogen-bond donors (Lipinski definition) is 0. The summed E-state index contributed by atoms with van der Waals surface area (Å²) < 4.78 is 0. The number of allylic oxidation sites excluding steroid dienone is 3. The van der Waals surface area contributed by atoms with Crippen LogP contribution in [0, 0.1) is 18.8 Å². The molecule has 2 heteroatoms. The second kappa shape index (κ2) is 13.8. The minimum atomic E-state index is 0.257. The first-order valence-corrected chi connectivity index (χ1v) is 13.6. The van der Waals surface area contributed by atoms with Gasteiger partial charge in [-0.25, -0.2) is 0 Å². The number of carbonyl (C=O) groups excluding carboxylic acids is 2. The van der Waals surface area contributed by atoms with E-state index in [0.717, 1.165) is 19.3 Å². The summed E-state index contributed by atoms with van der Waals surface area (Å²) in [6.45, 7) is 17.3. The summed E-state index contributed by atoms with van der Waals surface area (Å²) in [5.41, 5.74) is 7.89. The molecule has 0 saturated heterocycles. The average Bonchev–Trinajstić information content (AvgIpc) is 2.73. The number of aryl methyl sites for hydroxylation is 2. The summed E-state index contributed by atoms with van der Waals surface area (Å²) in [6.07, 6.45) is 12.2. The van der Waals surface area contributed by atoms with Crippen molar-refractivity contribution in [2.75, 3.05) is 0 Å². The van der Waals surface area contributed by atoms with Crippen molar-refractivity contribution in [2.24, 2.45) is 11.8 Å². The molecule has 0 aliphatic heterocycles. The third-order valence-corrected chi connectivity index (χ3v) is 7.25. The topological polar surface area (TPSA) is 34.1 Å². The molecule has 0 fully saturated rings. The lowest BCUT2D eigenvalue weighted by Crippen LogP contribution is -2.20. The number of rotatable bonds is 14. The van der Waals surface area contributed by atoms with Crippen molar-refractivity contribution < 1.29 is 9.59 Å². The van der Waals surface area contributed by atoms with Gasteiger partial charge in [0.05, 0.1) is 0 Å². The molecule has 0 unspecified atom stereocenters. The minimum Gasteiger partial charge on any atom is -0.300 e. The Balaban J connectivity index is 2.29. The molecule has 0 aromatic heterocycles. The van der Waals surface area contributed by atoms with E-state index in [9.17, 15) is 9.59 Å². The Kier molecular flexibility index (Phi) is 11.5. The minimum absolute atomic E-state index is 0.257. The van der Waals surface area contributed by atoms with Gasteiger partial charge in [-0.05, 0) is 87.0 Å². The van der Waals surface area contributed by atoms with E-state index in [-0.39, 0.29) is 11.6 Å². The fourth-order valence-corrected chi connectivity index (χ4v) is 5.55. The molecule has 0 amide bonds. The van der Waals surface area contributed by atoms with Crippen LogP contribution < -0.4 is 0 Å². The summed E-state index contributed by atoms with van der Waals surface area (Å²) in [4.78, 5) is 25.1. The Morgan fingerprint density at radius 2 is 1.76 bits per heavy atom. The molecule has 1 aliphatic carbocycles. The van der Waals surface area contributed by atoms with Crippen molar-refractivity contribution in [2.45, 2.75) is 118 Å². The Bertz CT molecular complexity index is 887. The molecular formula is C32H48O2. The molecule has 1 aromatic carbocycles. The lowest BCUT2D eigenvalue weighted by molar-refractivity contribution is -0.120. The van der Waals surface area contributed by atoms with Gasteiger partial charge >= 0.3 is 0 Å². The third kappa shape index (κ3) is 8.67. The molecule has 0 spiro atoms. The second-order valence-corrected chi connectivity index (χ2v) is 11.2. The molecule has 1 aliphatic rings. The van der Waals surface area contributed by atoms with E-state index in [2.05, 4.69) is 66.3 Å². The second-order valence-electron chi connectivity index (χ2n) is 11.2. The van der Waals surface area contributed by atoms with Crippen molar-refractivity contribution >= 4 is 11.6 Å². The third-order valence-electron chi connectivity index (χ3n) is 7.25. The molecule has 0 N–H and O–H groups in total. The van der Waals surface area contributed by atoms with Crippen molar-refractivity contribution in [3.05, 3.63) is 58.2 Å². The molecule has 34 heavy (non-hydrogen) atoms. The first-order chi connectivity index (χ1) is 16.1. The van der Waals surface area contributed by atoms with Crippen LogP contribution in [0.5, 0.6) is 0 Å². The zero-order valence-corrected chi connectivity index (χ0v) is 22.8. The first-order valence-electron chi connectivity index (χ1n) is 13.6. The highest BCUT2D eigenvalue weighted by Crippen LogP contribution is 2.42. The van der Waals surface area contributed by atoms with Gasteiger partial charge in [0.2, 0.25) is 0 Å². The van der Waals surface area contributed by atoms with Gasteiger partial charge in [-0.1, -0.05) is 69.5 Å². The number of ketones is 2. The first kappa shape index (κ1) is 28.3. The van der Waals surface area contributed by atoms with E-state index in [0.29, 0.717) is 49.9 Å². The normalized spacial score (nSPS) is 18.1. The highest BCUT2D eigenvalue weighted by molar-refractivity contribution is 5.83.